The van der Waals surface area contributed by atoms with Crippen LogP contribution in [0.5, 0.6) is 0 Å². The van der Waals surface area contributed by atoms with Crippen molar-refractivity contribution in [3.63, 3.8) is 0 Å². The molecule has 0 atom stereocenters. The van der Waals surface area contributed by atoms with Crippen LogP contribution in [0, 0.1) is 0 Å². The summed E-state index contributed by atoms with van der Waals surface area (Å²) in [6, 6.07) is 9.59. The highest BCUT2D eigenvalue weighted by atomic mass is 32.2. The Labute approximate surface area is 205 Å². The standard InChI is InChI=1S/C24H25FN2O7S/c1-24(2,3)34-23(33)26-8-7-17(25)13-35-19-6-4-5-14(12-19)20(28)27-18-10-15(21(29)30)9-16(11-18)22(31)32/h4-7,9-12H,8,13H2,1-3H3,(H,26,33)(H,27,28)(H,29,30)(H,31,32)/b17-7-. The molecule has 0 radical (unpaired) electrons. The highest BCUT2D eigenvalue weighted by molar-refractivity contribution is 7.99. The van der Waals surface area contributed by atoms with Crippen molar-refractivity contribution in [3.8, 4) is 0 Å². The fourth-order valence-corrected chi connectivity index (χ4v) is 3.46. The van der Waals surface area contributed by atoms with Gasteiger partial charge < -0.3 is 25.6 Å². The van der Waals surface area contributed by atoms with Crippen LogP contribution in [0.4, 0.5) is 14.9 Å². The molecule has 0 unspecified atom stereocenters. The summed E-state index contributed by atoms with van der Waals surface area (Å²) in [6.07, 6.45) is 0.556. The molecule has 9 nitrogen and oxygen atoms in total. The van der Waals surface area contributed by atoms with Crippen molar-refractivity contribution in [1.29, 1.82) is 0 Å². The maximum Gasteiger partial charge on any atom is 0.407 e. The molecule has 0 saturated carbocycles. The first-order chi connectivity index (χ1) is 16.3. The summed E-state index contributed by atoms with van der Waals surface area (Å²) < 4.78 is 19.2. The SMILES string of the molecule is CC(C)(C)OC(=O)NC/C=C(\F)CSc1cccc(C(=O)Nc2cc(C(=O)O)cc(C(=O)O)c2)c1. The van der Waals surface area contributed by atoms with Crippen LogP contribution in [-0.2, 0) is 4.74 Å². The quantitative estimate of drug-likeness (QED) is 0.357. The molecule has 0 bridgehead atoms. The van der Waals surface area contributed by atoms with E-state index in [1.807, 2.05) is 0 Å². The molecule has 2 amide bonds. The number of nitrogens with one attached hydrogen (secondary N) is 2. The molecule has 4 N–H and O–H groups in total. The monoisotopic (exact) mass is 504 g/mol. The highest BCUT2D eigenvalue weighted by Gasteiger charge is 2.16. The van der Waals surface area contributed by atoms with Crippen molar-refractivity contribution in [2.45, 2.75) is 31.3 Å². The van der Waals surface area contributed by atoms with Crippen molar-refractivity contribution in [2.75, 3.05) is 17.6 Å². The van der Waals surface area contributed by atoms with Gasteiger partial charge in [0.15, 0.2) is 0 Å². The van der Waals surface area contributed by atoms with Gasteiger partial charge in [0.2, 0.25) is 0 Å². The molecule has 0 fully saturated rings. The number of carbonyl (C=O) groups is 4. The molecule has 0 spiro atoms. The normalized spacial score (nSPS) is 11.5. The number of anilines is 1. The van der Waals surface area contributed by atoms with Crippen LogP contribution in [0.15, 0.2) is 59.3 Å². The van der Waals surface area contributed by atoms with E-state index in [0.717, 1.165) is 30.0 Å². The van der Waals surface area contributed by atoms with Crippen LogP contribution < -0.4 is 10.6 Å². The molecule has 0 saturated heterocycles. The second kappa shape index (κ2) is 12.0. The molecule has 2 aromatic rings. The molecule has 35 heavy (non-hydrogen) atoms. The number of ether oxygens (including phenoxy) is 1. The average Bonchev–Trinajstić information content (AvgIpc) is 2.76. The summed E-state index contributed by atoms with van der Waals surface area (Å²) in [4.78, 5) is 47.3. The molecule has 11 heteroatoms. The summed E-state index contributed by atoms with van der Waals surface area (Å²) in [7, 11) is 0. The second-order valence-electron chi connectivity index (χ2n) is 8.21. The molecular formula is C24H25FN2O7S. The fourth-order valence-electron chi connectivity index (χ4n) is 2.65. The minimum absolute atomic E-state index is 0.0109. The number of carboxylic acid groups (broad SMARTS) is 2. The number of carbonyl (C=O) groups excluding carboxylic acids is 2. The molecule has 0 aliphatic carbocycles. The number of carboxylic acids is 2. The van der Waals surface area contributed by atoms with Crippen LogP contribution in [0.1, 0.15) is 51.8 Å². The average molecular weight is 505 g/mol. The molecule has 2 aromatic carbocycles. The first kappa shape index (κ1) is 27.4. The predicted molar refractivity (Wildman–Crippen MR) is 129 cm³/mol. The molecule has 0 heterocycles. The van der Waals surface area contributed by atoms with Gasteiger partial charge in [-0.15, -0.1) is 11.8 Å². The Morgan fingerprint density at radius 2 is 1.63 bits per heavy atom. The maximum atomic E-state index is 14.1. The van der Waals surface area contributed by atoms with E-state index >= 15 is 0 Å². The second-order valence-corrected chi connectivity index (χ2v) is 9.26. The lowest BCUT2D eigenvalue weighted by atomic mass is 10.1. The van der Waals surface area contributed by atoms with Crippen LogP contribution in [0.25, 0.3) is 0 Å². The Balaban J connectivity index is 1.99. The maximum absolute atomic E-state index is 14.1. The Bertz CT molecular complexity index is 1130. The molecular weight excluding hydrogens is 479 g/mol. The van der Waals surface area contributed by atoms with Gasteiger partial charge in [0, 0.05) is 28.4 Å². The zero-order chi connectivity index (χ0) is 26.2. The lowest BCUT2D eigenvalue weighted by Crippen LogP contribution is -2.32. The van der Waals surface area contributed by atoms with E-state index in [9.17, 15) is 23.6 Å². The minimum Gasteiger partial charge on any atom is -0.478 e. The summed E-state index contributed by atoms with van der Waals surface area (Å²) in [5.74, 6) is -3.78. The van der Waals surface area contributed by atoms with Crippen LogP contribution in [0.3, 0.4) is 0 Å². The summed E-state index contributed by atoms with van der Waals surface area (Å²) in [6.45, 7) is 5.11. The van der Waals surface area contributed by atoms with Crippen LogP contribution in [0.2, 0.25) is 0 Å². The largest absolute Gasteiger partial charge is 0.478 e. The predicted octanol–water partition coefficient (Wildman–Crippen LogP) is 4.81. The number of benzene rings is 2. The van der Waals surface area contributed by atoms with Gasteiger partial charge in [-0.1, -0.05) is 6.07 Å². The van der Waals surface area contributed by atoms with E-state index < -0.39 is 35.4 Å². The first-order valence-corrected chi connectivity index (χ1v) is 11.3. The lowest BCUT2D eigenvalue weighted by Gasteiger charge is -2.19. The zero-order valence-electron chi connectivity index (χ0n) is 19.3. The molecule has 0 aliphatic rings. The van der Waals surface area contributed by atoms with Crippen LogP contribution in [-0.4, -0.2) is 52.1 Å². The van der Waals surface area contributed by atoms with Gasteiger partial charge in [-0.2, -0.15) is 0 Å². The zero-order valence-corrected chi connectivity index (χ0v) is 20.1. The third kappa shape index (κ3) is 9.49. The number of amides is 2. The Kier molecular flexibility index (Phi) is 9.41. The number of rotatable bonds is 9. The van der Waals surface area contributed by atoms with E-state index in [4.69, 9.17) is 14.9 Å². The molecule has 0 aromatic heterocycles. The van der Waals surface area contributed by atoms with Crippen molar-refractivity contribution in [2.24, 2.45) is 0 Å². The molecule has 186 valence electrons. The number of hydrogen-bond acceptors (Lipinski definition) is 6. The summed E-state index contributed by atoms with van der Waals surface area (Å²) in [5.41, 5.74) is -1.00. The van der Waals surface area contributed by atoms with Crippen molar-refractivity contribution < 1.29 is 38.5 Å². The fraction of sp³-hybridized carbons (Fsp3) is 0.250. The Hall–Kier alpha value is -3.86. The van der Waals surface area contributed by atoms with Crippen LogP contribution >= 0.6 is 11.8 Å². The third-order valence-corrected chi connectivity index (χ3v) is 5.13. The first-order valence-electron chi connectivity index (χ1n) is 10.3. The van der Waals surface area contributed by atoms with Gasteiger partial charge in [0.05, 0.1) is 11.1 Å². The molecule has 2 rings (SSSR count). The summed E-state index contributed by atoms with van der Waals surface area (Å²) in [5, 5.41) is 23.2. The van der Waals surface area contributed by atoms with Gasteiger partial charge >= 0.3 is 18.0 Å². The number of halogens is 1. The number of hydrogen-bond donors (Lipinski definition) is 4. The molecule has 0 aliphatic heterocycles. The van der Waals surface area contributed by atoms with E-state index in [1.165, 1.54) is 18.2 Å². The smallest absolute Gasteiger partial charge is 0.407 e. The van der Waals surface area contributed by atoms with Gasteiger partial charge in [0.25, 0.3) is 5.91 Å². The third-order valence-electron chi connectivity index (χ3n) is 4.13. The minimum atomic E-state index is -1.33. The van der Waals surface area contributed by atoms with E-state index in [1.54, 1.807) is 32.9 Å². The van der Waals surface area contributed by atoms with Gasteiger partial charge in [-0.25, -0.2) is 18.8 Å². The Morgan fingerprint density at radius 3 is 2.20 bits per heavy atom. The topological polar surface area (TPSA) is 142 Å². The van der Waals surface area contributed by atoms with E-state index in [-0.39, 0.29) is 34.7 Å². The van der Waals surface area contributed by atoms with Gasteiger partial charge in [-0.05, 0) is 63.2 Å². The van der Waals surface area contributed by atoms with Crippen molar-refractivity contribution in [1.82, 2.24) is 5.32 Å². The number of alkyl carbamates (subject to hydrolysis) is 1. The van der Waals surface area contributed by atoms with E-state index in [0.29, 0.717) is 4.90 Å². The number of thioether (sulfide) groups is 1. The van der Waals surface area contributed by atoms with E-state index in [2.05, 4.69) is 10.6 Å². The van der Waals surface area contributed by atoms with Crippen molar-refractivity contribution >= 4 is 41.4 Å². The van der Waals surface area contributed by atoms with Gasteiger partial charge in [0.1, 0.15) is 11.4 Å². The Morgan fingerprint density at radius 1 is 1.00 bits per heavy atom. The highest BCUT2D eigenvalue weighted by Crippen LogP contribution is 2.23. The lowest BCUT2D eigenvalue weighted by molar-refractivity contribution is 0.0532. The number of aromatic carboxylic acids is 2. The van der Waals surface area contributed by atoms with Crippen molar-refractivity contribution in [3.05, 3.63) is 71.1 Å². The van der Waals surface area contributed by atoms with Gasteiger partial charge in [-0.3, -0.25) is 4.79 Å². The summed E-state index contributed by atoms with van der Waals surface area (Å²) >= 11 is 1.13.